The SMILES string of the molecule is COc1ccc(-c2onc(N)c2-c2cccnc2)cc1. The Hall–Kier alpha value is -2.82. The molecule has 0 aliphatic carbocycles. The molecule has 5 nitrogen and oxygen atoms in total. The molecule has 20 heavy (non-hydrogen) atoms. The number of methoxy groups -OCH3 is 1. The molecule has 0 radical (unpaired) electrons. The minimum atomic E-state index is 0.351. The van der Waals surface area contributed by atoms with Crippen LogP contribution in [0.4, 0.5) is 5.82 Å². The highest BCUT2D eigenvalue weighted by Crippen LogP contribution is 2.36. The van der Waals surface area contributed by atoms with Crippen LogP contribution in [0.1, 0.15) is 0 Å². The van der Waals surface area contributed by atoms with Gasteiger partial charge in [-0.1, -0.05) is 11.2 Å². The van der Waals surface area contributed by atoms with Crippen molar-refractivity contribution in [2.24, 2.45) is 0 Å². The largest absolute Gasteiger partial charge is 0.497 e. The lowest BCUT2D eigenvalue weighted by molar-refractivity contribution is 0.414. The molecule has 0 aliphatic heterocycles. The van der Waals surface area contributed by atoms with Crippen LogP contribution in [0.5, 0.6) is 5.75 Å². The molecular weight excluding hydrogens is 254 g/mol. The number of nitrogen functional groups attached to an aromatic ring is 1. The third-order valence-corrected chi connectivity index (χ3v) is 3.02. The van der Waals surface area contributed by atoms with Crippen LogP contribution in [-0.2, 0) is 0 Å². The summed E-state index contributed by atoms with van der Waals surface area (Å²) in [5, 5.41) is 3.86. The first kappa shape index (κ1) is 12.2. The number of nitrogens with zero attached hydrogens (tertiary/aromatic N) is 2. The van der Waals surface area contributed by atoms with Crippen molar-refractivity contribution in [3.63, 3.8) is 0 Å². The summed E-state index contributed by atoms with van der Waals surface area (Å²) in [7, 11) is 1.63. The molecule has 2 N–H and O–H groups in total. The number of rotatable bonds is 3. The zero-order valence-electron chi connectivity index (χ0n) is 10.9. The van der Waals surface area contributed by atoms with Crippen LogP contribution in [0.25, 0.3) is 22.5 Å². The van der Waals surface area contributed by atoms with Crippen LogP contribution >= 0.6 is 0 Å². The maximum atomic E-state index is 5.91. The molecule has 0 spiro atoms. The number of hydrogen-bond donors (Lipinski definition) is 1. The Balaban J connectivity index is 2.11. The first-order chi connectivity index (χ1) is 9.79. The van der Waals surface area contributed by atoms with Crippen LogP contribution in [0.15, 0.2) is 53.3 Å². The molecule has 1 aromatic carbocycles. The summed E-state index contributed by atoms with van der Waals surface area (Å²) in [5.41, 5.74) is 8.42. The lowest BCUT2D eigenvalue weighted by atomic mass is 10.0. The fraction of sp³-hybridized carbons (Fsp3) is 0.0667. The van der Waals surface area contributed by atoms with Crippen LogP contribution in [-0.4, -0.2) is 17.3 Å². The third-order valence-electron chi connectivity index (χ3n) is 3.02. The molecule has 0 aliphatic rings. The van der Waals surface area contributed by atoms with Crippen molar-refractivity contribution in [3.05, 3.63) is 48.8 Å². The van der Waals surface area contributed by atoms with E-state index in [-0.39, 0.29) is 0 Å². The van der Waals surface area contributed by atoms with E-state index in [0.29, 0.717) is 11.6 Å². The molecule has 100 valence electrons. The second-order valence-electron chi connectivity index (χ2n) is 4.24. The molecule has 0 saturated carbocycles. The van der Waals surface area contributed by atoms with Gasteiger partial charge in [-0.25, -0.2) is 0 Å². The van der Waals surface area contributed by atoms with Gasteiger partial charge in [0.05, 0.1) is 12.7 Å². The van der Waals surface area contributed by atoms with Gasteiger partial charge in [-0.05, 0) is 30.3 Å². The van der Waals surface area contributed by atoms with Crippen LogP contribution in [0, 0.1) is 0 Å². The maximum Gasteiger partial charge on any atom is 0.176 e. The molecule has 2 aromatic heterocycles. The molecule has 2 heterocycles. The van der Waals surface area contributed by atoms with Crippen molar-refractivity contribution in [1.82, 2.24) is 10.1 Å². The Labute approximate surface area is 116 Å². The maximum absolute atomic E-state index is 5.91. The van der Waals surface area contributed by atoms with Gasteiger partial charge in [-0.2, -0.15) is 0 Å². The Kier molecular flexibility index (Phi) is 3.09. The van der Waals surface area contributed by atoms with Crippen LogP contribution in [0.2, 0.25) is 0 Å². The second kappa shape index (κ2) is 5.05. The van der Waals surface area contributed by atoms with E-state index < -0.39 is 0 Å². The van der Waals surface area contributed by atoms with Gasteiger partial charge in [0, 0.05) is 23.5 Å². The number of benzene rings is 1. The molecule has 3 aromatic rings. The Morgan fingerprint density at radius 1 is 1.10 bits per heavy atom. The summed E-state index contributed by atoms with van der Waals surface area (Å²) >= 11 is 0. The van der Waals surface area contributed by atoms with Crippen molar-refractivity contribution in [1.29, 1.82) is 0 Å². The highest BCUT2D eigenvalue weighted by Gasteiger charge is 2.17. The standard InChI is InChI=1S/C15H13N3O2/c1-19-12-6-4-10(5-7-12)14-13(15(16)18-20-14)11-3-2-8-17-9-11/h2-9H,1H3,(H2,16,18). The zero-order chi connectivity index (χ0) is 13.9. The number of anilines is 1. The van der Waals surface area contributed by atoms with E-state index in [1.54, 1.807) is 19.5 Å². The number of aromatic nitrogens is 2. The third kappa shape index (κ3) is 2.09. The molecule has 0 saturated heterocycles. The van der Waals surface area contributed by atoms with Crippen molar-refractivity contribution in [2.75, 3.05) is 12.8 Å². The van der Waals surface area contributed by atoms with E-state index in [4.69, 9.17) is 15.0 Å². The van der Waals surface area contributed by atoms with Crippen LogP contribution in [0.3, 0.4) is 0 Å². The van der Waals surface area contributed by atoms with Gasteiger partial charge in [-0.15, -0.1) is 0 Å². The van der Waals surface area contributed by atoms with E-state index in [0.717, 1.165) is 22.4 Å². The van der Waals surface area contributed by atoms with Gasteiger partial charge in [0.2, 0.25) is 0 Å². The highest BCUT2D eigenvalue weighted by atomic mass is 16.5. The van der Waals surface area contributed by atoms with Crippen molar-refractivity contribution >= 4 is 5.82 Å². The molecule has 3 rings (SSSR count). The lowest BCUT2D eigenvalue weighted by Gasteiger charge is -2.03. The zero-order valence-corrected chi connectivity index (χ0v) is 10.9. The summed E-state index contributed by atoms with van der Waals surface area (Å²) in [6.07, 6.45) is 3.44. The monoisotopic (exact) mass is 267 g/mol. The lowest BCUT2D eigenvalue weighted by Crippen LogP contribution is -1.89. The predicted octanol–water partition coefficient (Wildman–Crippen LogP) is 2.99. The van der Waals surface area contributed by atoms with Gasteiger partial charge in [0.1, 0.15) is 5.75 Å². The average molecular weight is 267 g/mol. The van der Waals surface area contributed by atoms with E-state index >= 15 is 0 Å². The Morgan fingerprint density at radius 3 is 2.55 bits per heavy atom. The number of nitrogens with two attached hydrogens (primary N) is 1. The number of hydrogen-bond acceptors (Lipinski definition) is 5. The fourth-order valence-corrected chi connectivity index (χ4v) is 2.03. The van der Waals surface area contributed by atoms with Crippen LogP contribution < -0.4 is 10.5 Å². The van der Waals surface area contributed by atoms with Gasteiger partial charge in [0.15, 0.2) is 11.6 Å². The van der Waals surface area contributed by atoms with Crippen molar-refractivity contribution in [3.8, 4) is 28.2 Å². The van der Waals surface area contributed by atoms with Gasteiger partial charge in [-0.3, -0.25) is 4.98 Å². The quantitative estimate of drug-likeness (QED) is 0.789. The van der Waals surface area contributed by atoms with E-state index in [1.807, 2.05) is 36.4 Å². The Bertz CT molecular complexity index is 706. The molecule has 0 amide bonds. The van der Waals surface area contributed by atoms with E-state index in [1.165, 1.54) is 0 Å². The topological polar surface area (TPSA) is 74.2 Å². The number of ether oxygens (including phenoxy) is 1. The van der Waals surface area contributed by atoms with Gasteiger partial charge >= 0.3 is 0 Å². The molecule has 0 unspecified atom stereocenters. The van der Waals surface area contributed by atoms with E-state index in [9.17, 15) is 0 Å². The molecule has 0 fully saturated rings. The summed E-state index contributed by atoms with van der Waals surface area (Å²) < 4.78 is 10.5. The molecular formula is C15H13N3O2. The minimum Gasteiger partial charge on any atom is -0.497 e. The summed E-state index contributed by atoms with van der Waals surface area (Å²) in [4.78, 5) is 4.10. The van der Waals surface area contributed by atoms with Crippen molar-refractivity contribution in [2.45, 2.75) is 0 Å². The average Bonchev–Trinajstić information content (AvgIpc) is 2.90. The second-order valence-corrected chi connectivity index (χ2v) is 4.24. The molecule has 0 bridgehead atoms. The normalized spacial score (nSPS) is 10.4. The smallest absolute Gasteiger partial charge is 0.176 e. The van der Waals surface area contributed by atoms with Gasteiger partial charge < -0.3 is 15.0 Å². The first-order valence-corrected chi connectivity index (χ1v) is 6.09. The predicted molar refractivity (Wildman–Crippen MR) is 76.1 cm³/mol. The minimum absolute atomic E-state index is 0.351. The number of pyridine rings is 1. The van der Waals surface area contributed by atoms with Gasteiger partial charge in [0.25, 0.3) is 0 Å². The Morgan fingerprint density at radius 2 is 1.90 bits per heavy atom. The van der Waals surface area contributed by atoms with Crippen molar-refractivity contribution < 1.29 is 9.26 Å². The molecule has 0 atom stereocenters. The summed E-state index contributed by atoms with van der Waals surface area (Å²) in [6.45, 7) is 0. The first-order valence-electron chi connectivity index (χ1n) is 6.09. The highest BCUT2D eigenvalue weighted by molar-refractivity contribution is 5.86. The fourth-order valence-electron chi connectivity index (χ4n) is 2.03. The van der Waals surface area contributed by atoms with E-state index in [2.05, 4.69) is 10.1 Å². The summed E-state index contributed by atoms with van der Waals surface area (Å²) in [5.74, 6) is 1.76. The molecule has 5 heteroatoms. The summed E-state index contributed by atoms with van der Waals surface area (Å²) in [6, 6.07) is 11.3.